The van der Waals surface area contributed by atoms with Gasteiger partial charge in [-0.2, -0.15) is 0 Å². The number of amides is 1. The number of nitrogens with one attached hydrogen (secondary N) is 2. The van der Waals surface area contributed by atoms with Crippen LogP contribution in [0.15, 0.2) is 18.2 Å². The minimum atomic E-state index is -0.269. The van der Waals surface area contributed by atoms with Crippen molar-refractivity contribution in [2.75, 3.05) is 14.1 Å². The molecule has 1 atom stereocenters. The number of likely N-dealkylation sites (N-methyl/N-ethyl adjacent to an activating group) is 2. The molecule has 1 aromatic rings. The molecule has 3 nitrogen and oxygen atoms in total. The van der Waals surface area contributed by atoms with Crippen LogP contribution in [0.3, 0.4) is 0 Å². The lowest BCUT2D eigenvalue weighted by Gasteiger charge is -2.17. The highest BCUT2D eigenvalue weighted by atomic mass is 16.2. The van der Waals surface area contributed by atoms with Crippen LogP contribution in [0.4, 0.5) is 0 Å². The van der Waals surface area contributed by atoms with Crippen molar-refractivity contribution in [1.29, 1.82) is 0 Å². The van der Waals surface area contributed by atoms with Gasteiger partial charge in [-0.15, -0.1) is 0 Å². The fourth-order valence-electron chi connectivity index (χ4n) is 1.64. The molecule has 0 heterocycles. The van der Waals surface area contributed by atoms with E-state index in [1.165, 1.54) is 5.56 Å². The topological polar surface area (TPSA) is 41.1 Å². The summed E-state index contributed by atoms with van der Waals surface area (Å²) in [7, 11) is 3.44. The summed E-state index contributed by atoms with van der Waals surface area (Å²) < 4.78 is 0. The zero-order valence-electron chi connectivity index (χ0n) is 9.72. The summed E-state index contributed by atoms with van der Waals surface area (Å²) >= 11 is 0. The first kappa shape index (κ1) is 11.7. The lowest BCUT2D eigenvalue weighted by Crippen LogP contribution is -2.34. The molecule has 0 radical (unpaired) electrons. The number of benzene rings is 1. The Balaban J connectivity index is 3.11. The molecule has 0 fully saturated rings. The smallest absolute Gasteiger partial charge is 0.241 e. The zero-order valence-corrected chi connectivity index (χ0v) is 9.72. The summed E-state index contributed by atoms with van der Waals surface area (Å²) in [5.41, 5.74) is 3.33. The van der Waals surface area contributed by atoms with Crippen molar-refractivity contribution in [3.05, 3.63) is 34.9 Å². The van der Waals surface area contributed by atoms with Crippen molar-refractivity contribution in [3.63, 3.8) is 0 Å². The van der Waals surface area contributed by atoms with Gasteiger partial charge in [-0.05, 0) is 32.0 Å². The third-order valence-electron chi connectivity index (χ3n) is 2.54. The van der Waals surface area contributed by atoms with Gasteiger partial charge in [-0.25, -0.2) is 0 Å². The zero-order chi connectivity index (χ0) is 11.4. The van der Waals surface area contributed by atoms with E-state index in [9.17, 15) is 4.79 Å². The molecular weight excluding hydrogens is 188 g/mol. The van der Waals surface area contributed by atoms with Crippen LogP contribution in [0.25, 0.3) is 0 Å². The first-order chi connectivity index (χ1) is 7.10. The predicted octanol–water partition coefficient (Wildman–Crippen LogP) is 1.31. The number of carbonyl (C=O) groups is 1. The van der Waals surface area contributed by atoms with Gasteiger partial charge in [-0.3, -0.25) is 4.79 Å². The molecule has 2 N–H and O–H groups in total. The summed E-state index contributed by atoms with van der Waals surface area (Å²) in [5.74, 6) is -0.00815. The maximum atomic E-state index is 11.6. The number of aryl methyl sites for hydroxylation is 2. The molecule has 0 saturated heterocycles. The quantitative estimate of drug-likeness (QED) is 0.783. The molecule has 1 amide bonds. The second-order valence-corrected chi connectivity index (χ2v) is 3.70. The van der Waals surface area contributed by atoms with Crippen molar-refractivity contribution in [1.82, 2.24) is 10.6 Å². The molecule has 0 saturated carbocycles. The summed E-state index contributed by atoms with van der Waals surface area (Å²) in [5, 5.41) is 5.68. The fraction of sp³-hybridized carbons (Fsp3) is 0.417. The second-order valence-electron chi connectivity index (χ2n) is 3.70. The maximum Gasteiger partial charge on any atom is 0.241 e. The van der Waals surface area contributed by atoms with Crippen LogP contribution in [0.1, 0.15) is 22.7 Å². The molecule has 3 heteroatoms. The van der Waals surface area contributed by atoms with Gasteiger partial charge >= 0.3 is 0 Å². The van der Waals surface area contributed by atoms with Gasteiger partial charge < -0.3 is 10.6 Å². The van der Waals surface area contributed by atoms with E-state index in [0.717, 1.165) is 11.1 Å². The average molecular weight is 206 g/mol. The van der Waals surface area contributed by atoms with Crippen molar-refractivity contribution >= 4 is 5.91 Å². The second kappa shape index (κ2) is 4.94. The molecule has 0 aliphatic rings. The van der Waals surface area contributed by atoms with Crippen molar-refractivity contribution in [2.24, 2.45) is 0 Å². The molecule has 0 bridgehead atoms. The van der Waals surface area contributed by atoms with Crippen LogP contribution in [0.5, 0.6) is 0 Å². The Morgan fingerprint density at radius 3 is 2.47 bits per heavy atom. The van der Waals surface area contributed by atoms with Crippen LogP contribution in [-0.4, -0.2) is 20.0 Å². The van der Waals surface area contributed by atoms with E-state index < -0.39 is 0 Å². The number of rotatable bonds is 3. The summed E-state index contributed by atoms with van der Waals surface area (Å²) in [6.45, 7) is 4.04. The van der Waals surface area contributed by atoms with Crippen LogP contribution < -0.4 is 10.6 Å². The monoisotopic (exact) mass is 206 g/mol. The molecule has 0 spiro atoms. The van der Waals surface area contributed by atoms with Gasteiger partial charge in [0.15, 0.2) is 0 Å². The number of carbonyl (C=O) groups excluding carboxylic acids is 1. The molecule has 0 aliphatic carbocycles. The lowest BCUT2D eigenvalue weighted by molar-refractivity contribution is -0.122. The average Bonchev–Trinajstić information content (AvgIpc) is 2.23. The van der Waals surface area contributed by atoms with Crippen LogP contribution in [-0.2, 0) is 4.79 Å². The highest BCUT2D eigenvalue weighted by Gasteiger charge is 2.18. The van der Waals surface area contributed by atoms with E-state index in [1.807, 2.05) is 26.0 Å². The Kier molecular flexibility index (Phi) is 3.86. The van der Waals surface area contributed by atoms with Crippen molar-refractivity contribution < 1.29 is 4.79 Å². The number of hydrogen-bond donors (Lipinski definition) is 2. The Bertz CT molecular complexity index is 361. The maximum absolute atomic E-state index is 11.6. The van der Waals surface area contributed by atoms with Crippen LogP contribution in [0, 0.1) is 13.8 Å². The molecule has 1 unspecified atom stereocenters. The molecule has 82 valence electrons. The molecule has 1 rings (SSSR count). The SMILES string of the molecule is CNC(=O)C(NC)c1cc(C)ccc1C. The minimum absolute atomic E-state index is 0.00815. The minimum Gasteiger partial charge on any atom is -0.358 e. The van der Waals surface area contributed by atoms with Gasteiger partial charge in [0.25, 0.3) is 0 Å². The van der Waals surface area contributed by atoms with E-state index in [4.69, 9.17) is 0 Å². The van der Waals surface area contributed by atoms with Crippen molar-refractivity contribution in [3.8, 4) is 0 Å². The normalized spacial score (nSPS) is 12.3. The van der Waals surface area contributed by atoms with E-state index in [-0.39, 0.29) is 11.9 Å². The summed E-state index contributed by atoms with van der Waals surface area (Å²) in [6, 6.07) is 5.87. The third-order valence-corrected chi connectivity index (χ3v) is 2.54. The Morgan fingerprint density at radius 1 is 1.27 bits per heavy atom. The highest BCUT2D eigenvalue weighted by Crippen LogP contribution is 2.19. The third kappa shape index (κ3) is 2.57. The van der Waals surface area contributed by atoms with Gasteiger partial charge in [0.05, 0.1) is 0 Å². The van der Waals surface area contributed by atoms with Crippen LogP contribution in [0.2, 0.25) is 0 Å². The molecule has 0 aromatic heterocycles. The van der Waals surface area contributed by atoms with Crippen LogP contribution >= 0.6 is 0 Å². The van der Waals surface area contributed by atoms with E-state index in [2.05, 4.69) is 16.7 Å². The van der Waals surface area contributed by atoms with Crippen molar-refractivity contribution in [2.45, 2.75) is 19.9 Å². The molecule has 15 heavy (non-hydrogen) atoms. The first-order valence-electron chi connectivity index (χ1n) is 5.06. The number of hydrogen-bond acceptors (Lipinski definition) is 2. The standard InChI is InChI=1S/C12H18N2O/c1-8-5-6-9(2)10(7-8)11(13-3)12(15)14-4/h5-7,11,13H,1-4H3,(H,14,15). The summed E-state index contributed by atoms with van der Waals surface area (Å²) in [6.07, 6.45) is 0. The Morgan fingerprint density at radius 2 is 1.93 bits per heavy atom. The van der Waals surface area contributed by atoms with Gasteiger partial charge in [0.2, 0.25) is 5.91 Å². The molecule has 0 aliphatic heterocycles. The predicted molar refractivity (Wildman–Crippen MR) is 61.8 cm³/mol. The fourth-order valence-corrected chi connectivity index (χ4v) is 1.64. The van der Waals surface area contributed by atoms with Gasteiger partial charge in [0.1, 0.15) is 6.04 Å². The van der Waals surface area contributed by atoms with Gasteiger partial charge in [0, 0.05) is 7.05 Å². The van der Waals surface area contributed by atoms with E-state index in [0.29, 0.717) is 0 Å². The largest absolute Gasteiger partial charge is 0.358 e. The summed E-state index contributed by atoms with van der Waals surface area (Å²) in [4.78, 5) is 11.6. The molecule has 1 aromatic carbocycles. The Hall–Kier alpha value is -1.35. The van der Waals surface area contributed by atoms with E-state index >= 15 is 0 Å². The highest BCUT2D eigenvalue weighted by molar-refractivity contribution is 5.83. The first-order valence-corrected chi connectivity index (χ1v) is 5.06. The Labute approximate surface area is 90.9 Å². The van der Waals surface area contributed by atoms with E-state index in [1.54, 1.807) is 14.1 Å². The lowest BCUT2D eigenvalue weighted by atomic mass is 9.98. The van der Waals surface area contributed by atoms with Gasteiger partial charge in [-0.1, -0.05) is 23.8 Å². The molecular formula is C12H18N2O.